The monoisotopic (exact) mass is 946 g/mol. The minimum atomic E-state index is -0.809. The summed E-state index contributed by atoms with van der Waals surface area (Å²) in [5, 5.41) is 41.6. The van der Waals surface area contributed by atoms with Crippen molar-refractivity contribution in [1.82, 2.24) is 45.2 Å². The van der Waals surface area contributed by atoms with Gasteiger partial charge in [0.1, 0.15) is 17.7 Å². The van der Waals surface area contributed by atoms with Crippen LogP contribution in [0.5, 0.6) is 11.6 Å². The number of phenols is 1. The zero-order valence-corrected chi connectivity index (χ0v) is 40.5. The molecule has 0 radical (unpaired) electrons. The Kier molecular flexibility index (Phi) is 16.0. The van der Waals surface area contributed by atoms with Crippen LogP contribution in [0.3, 0.4) is 0 Å². The van der Waals surface area contributed by atoms with Crippen LogP contribution in [0.2, 0.25) is 0 Å². The molecule has 2 aliphatic rings. The Balaban J connectivity index is 0.704. The topological polar surface area (TPSA) is 211 Å². The van der Waals surface area contributed by atoms with Gasteiger partial charge in [0.05, 0.1) is 52.1 Å². The highest BCUT2D eigenvalue weighted by Crippen LogP contribution is 2.35. The number of aromatic nitrogens is 6. The van der Waals surface area contributed by atoms with Gasteiger partial charge in [-0.2, -0.15) is 5.10 Å². The minimum Gasteiger partial charge on any atom is -0.507 e. The SMILES string of the molecule is Cc1ncsc1-c1ccc([C@H](C)NC(=O)[C@@H]2C[C@@H](O)CN2C(=O)[C@H](c2cc(OCCCCCCCCCCN3CCC(n4nc(N)c5nnc(-c6ccccc6O)cc54)CC3)no2)C(C)C)cc1. The van der Waals surface area contributed by atoms with E-state index < -0.39 is 18.1 Å². The number of carbonyl (C=O) groups excluding carboxylic acids is 2. The molecule has 16 nitrogen and oxygen atoms in total. The Morgan fingerprint density at radius 1 is 0.956 bits per heavy atom. The van der Waals surface area contributed by atoms with E-state index in [1.807, 2.05) is 80.4 Å². The van der Waals surface area contributed by atoms with Gasteiger partial charge in [-0.1, -0.05) is 88.8 Å². The number of hydrogen-bond donors (Lipinski definition) is 4. The summed E-state index contributed by atoms with van der Waals surface area (Å²) in [5.74, 6) is -0.139. The maximum Gasteiger partial charge on any atom is 0.254 e. The zero-order chi connectivity index (χ0) is 47.7. The van der Waals surface area contributed by atoms with Crippen molar-refractivity contribution in [3.8, 4) is 33.3 Å². The standard InChI is InChI=1S/C51H66N10O6S/c1-32(2)46(51(65)60-30-38(62)27-42(60)50(64)54-33(3)35-17-19-36(20-18-35)48-34(4)53-31-68-48)44-29-45(58-67-44)66-26-14-10-8-6-5-7-9-13-23-59-24-21-37(22-25-59)61-41-28-40(39-15-11-12-16-43(39)63)55-56-47(41)49(52)57-61/h11-12,15-20,28-29,31-33,37-38,42,46,62-63H,5-10,13-14,21-27,30H2,1-4H3,(H2,52,57)(H,54,64)/t33-,38+,42-,46-/m0/s1. The van der Waals surface area contributed by atoms with Crippen LogP contribution >= 0.6 is 11.3 Å². The summed E-state index contributed by atoms with van der Waals surface area (Å²) in [6.07, 6.45) is 10.5. The predicted molar refractivity (Wildman–Crippen MR) is 263 cm³/mol. The van der Waals surface area contributed by atoms with Crippen molar-refractivity contribution >= 4 is 40.0 Å². The highest BCUT2D eigenvalue weighted by atomic mass is 32.1. The average Bonchev–Trinajstić information content (AvgIpc) is 4.15. The number of likely N-dealkylation sites (tertiary alicyclic amines) is 2. The second kappa shape index (κ2) is 22.5. The number of phenolic OH excluding ortho intramolecular Hbond substituents is 1. The summed E-state index contributed by atoms with van der Waals surface area (Å²) in [4.78, 5) is 37.3. The van der Waals surface area contributed by atoms with E-state index in [1.54, 1.807) is 29.5 Å². The molecule has 0 aliphatic carbocycles. The molecule has 2 aromatic carbocycles. The molecule has 0 bridgehead atoms. The van der Waals surface area contributed by atoms with E-state index >= 15 is 0 Å². The van der Waals surface area contributed by atoms with Crippen LogP contribution < -0.4 is 15.8 Å². The van der Waals surface area contributed by atoms with Gasteiger partial charge in [0.25, 0.3) is 5.88 Å². The van der Waals surface area contributed by atoms with Gasteiger partial charge in [0.15, 0.2) is 17.1 Å². The number of nitrogens with two attached hydrogens (primary N) is 1. The van der Waals surface area contributed by atoms with E-state index in [4.69, 9.17) is 15.0 Å². The normalized spacial score (nSPS) is 17.8. The molecule has 6 aromatic rings. The molecule has 362 valence electrons. The molecule has 6 heterocycles. The summed E-state index contributed by atoms with van der Waals surface area (Å²) in [5.41, 5.74) is 13.8. The zero-order valence-electron chi connectivity index (χ0n) is 39.7. The molecular formula is C51H66N10O6S. The van der Waals surface area contributed by atoms with Gasteiger partial charge in [-0.25, -0.2) is 4.98 Å². The molecule has 8 rings (SSSR count). The number of anilines is 1. The van der Waals surface area contributed by atoms with Crippen LogP contribution in [0.4, 0.5) is 5.82 Å². The molecule has 2 amide bonds. The quantitative estimate of drug-likeness (QED) is 0.0499. The molecule has 17 heteroatoms. The molecule has 4 atom stereocenters. The van der Waals surface area contributed by atoms with Crippen LogP contribution in [0, 0.1) is 12.8 Å². The first-order valence-electron chi connectivity index (χ1n) is 24.4. The van der Waals surface area contributed by atoms with Crippen molar-refractivity contribution in [1.29, 1.82) is 0 Å². The van der Waals surface area contributed by atoms with E-state index in [9.17, 15) is 19.8 Å². The number of β-amino-alcohol motifs (C(OH)–C–C–N with tert-alkyl or cyclic N) is 1. The van der Waals surface area contributed by atoms with Crippen LogP contribution in [-0.4, -0.2) is 107 Å². The second-order valence-corrected chi connectivity index (χ2v) is 19.7. The predicted octanol–water partition coefficient (Wildman–Crippen LogP) is 8.62. The number of benzene rings is 2. The highest BCUT2D eigenvalue weighted by molar-refractivity contribution is 7.13. The number of nitrogens with zero attached hydrogens (tertiary/aromatic N) is 8. The number of aromatic hydroxyl groups is 1. The molecular weight excluding hydrogens is 881 g/mol. The fraction of sp³-hybridized carbons (Fsp3) is 0.510. The average molecular weight is 947 g/mol. The number of hydrogen-bond acceptors (Lipinski definition) is 14. The van der Waals surface area contributed by atoms with Crippen molar-refractivity contribution in [2.24, 2.45) is 5.92 Å². The first-order chi connectivity index (χ1) is 32.9. The third-order valence-corrected chi connectivity index (χ3v) is 14.5. The highest BCUT2D eigenvalue weighted by Gasteiger charge is 2.43. The number of nitrogen functional groups attached to an aromatic ring is 1. The first kappa shape index (κ1) is 48.5. The molecule has 2 saturated heterocycles. The van der Waals surface area contributed by atoms with E-state index in [0.717, 1.165) is 79.0 Å². The van der Waals surface area contributed by atoms with Crippen LogP contribution in [0.25, 0.3) is 32.7 Å². The number of aliphatic hydroxyl groups excluding tert-OH is 1. The van der Waals surface area contributed by atoms with Gasteiger partial charge in [0.2, 0.25) is 11.8 Å². The fourth-order valence-corrected chi connectivity index (χ4v) is 10.5. The fourth-order valence-electron chi connectivity index (χ4n) is 9.72. The van der Waals surface area contributed by atoms with Crippen molar-refractivity contribution in [3.05, 3.63) is 83.2 Å². The second-order valence-electron chi connectivity index (χ2n) is 18.9. The number of nitrogens with one attached hydrogen (secondary N) is 1. The van der Waals surface area contributed by atoms with Gasteiger partial charge < -0.3 is 40.3 Å². The summed E-state index contributed by atoms with van der Waals surface area (Å²) in [6, 6.07) is 17.9. The molecule has 0 saturated carbocycles. The number of para-hydroxylation sites is 1. The third kappa shape index (κ3) is 11.5. The third-order valence-electron chi connectivity index (χ3n) is 13.6. The van der Waals surface area contributed by atoms with Gasteiger partial charge >= 0.3 is 0 Å². The number of rotatable bonds is 21. The number of aryl methyl sites for hydroxylation is 1. The number of aliphatic hydroxyl groups is 1. The minimum absolute atomic E-state index is 0.0696. The summed E-state index contributed by atoms with van der Waals surface area (Å²) in [7, 11) is 0. The van der Waals surface area contributed by atoms with Gasteiger partial charge in [0, 0.05) is 37.7 Å². The molecule has 2 fully saturated rings. The molecule has 4 aromatic heterocycles. The lowest BCUT2D eigenvalue weighted by atomic mass is 9.91. The smallest absolute Gasteiger partial charge is 0.254 e. The lowest BCUT2D eigenvalue weighted by molar-refractivity contribution is -0.141. The van der Waals surface area contributed by atoms with Crippen LogP contribution in [-0.2, 0) is 9.59 Å². The van der Waals surface area contributed by atoms with Crippen molar-refractivity contribution in [3.63, 3.8) is 0 Å². The van der Waals surface area contributed by atoms with Crippen molar-refractivity contribution in [2.75, 3.05) is 38.5 Å². The van der Waals surface area contributed by atoms with Gasteiger partial charge in [-0.3, -0.25) is 14.3 Å². The summed E-state index contributed by atoms with van der Waals surface area (Å²) >= 11 is 1.59. The summed E-state index contributed by atoms with van der Waals surface area (Å²) < 4.78 is 13.6. The van der Waals surface area contributed by atoms with Crippen LogP contribution in [0.15, 0.2) is 70.7 Å². The molecule has 2 aliphatic heterocycles. The van der Waals surface area contributed by atoms with Crippen molar-refractivity contribution < 1.29 is 29.1 Å². The molecule has 68 heavy (non-hydrogen) atoms. The number of thiazole rings is 1. The van der Waals surface area contributed by atoms with E-state index in [-0.39, 0.29) is 48.5 Å². The Hall–Kier alpha value is -5.91. The molecule has 0 unspecified atom stereocenters. The molecule has 0 spiro atoms. The lowest BCUT2D eigenvalue weighted by Crippen LogP contribution is -2.48. The Morgan fingerprint density at radius 3 is 2.38 bits per heavy atom. The number of amides is 2. The maximum absolute atomic E-state index is 14.1. The Labute approximate surface area is 402 Å². The Bertz CT molecular complexity index is 2600. The lowest BCUT2D eigenvalue weighted by Gasteiger charge is -2.32. The van der Waals surface area contributed by atoms with Gasteiger partial charge in [-0.15, -0.1) is 21.5 Å². The number of piperidine rings is 1. The summed E-state index contributed by atoms with van der Waals surface area (Å²) in [6.45, 7) is 11.5. The largest absolute Gasteiger partial charge is 0.507 e. The van der Waals surface area contributed by atoms with E-state index in [1.165, 1.54) is 37.0 Å². The maximum atomic E-state index is 14.1. The number of carbonyl (C=O) groups is 2. The van der Waals surface area contributed by atoms with Gasteiger partial charge in [-0.05, 0) is 86.5 Å². The van der Waals surface area contributed by atoms with E-state index in [0.29, 0.717) is 40.8 Å². The number of fused-ring (bicyclic) bond motifs is 1. The van der Waals surface area contributed by atoms with Crippen molar-refractivity contribution in [2.45, 2.75) is 128 Å². The van der Waals surface area contributed by atoms with Crippen LogP contribution in [0.1, 0.15) is 126 Å². The number of unbranched alkanes of at least 4 members (excludes halogenated alkanes) is 7. The first-order valence-corrected chi connectivity index (χ1v) is 25.2. The van der Waals surface area contributed by atoms with E-state index in [2.05, 4.69) is 35.7 Å². The molecule has 5 N–H and O–H groups in total. The number of ether oxygens (including phenoxy) is 1. The Morgan fingerprint density at radius 2 is 1.68 bits per heavy atom.